The molecule has 1 atom stereocenters. The van der Waals surface area contributed by atoms with Crippen molar-refractivity contribution in [1.29, 1.82) is 0 Å². The average molecular weight is 476 g/mol. The Morgan fingerprint density at radius 2 is 1.31 bits per heavy atom. The monoisotopic (exact) mass is 475 g/mol. The molecule has 4 aromatic carbocycles. The molecule has 6 rings (SSSR count). The van der Waals surface area contributed by atoms with Crippen molar-refractivity contribution in [3.8, 4) is 22.4 Å². The first-order chi connectivity index (χ1) is 17.7. The third kappa shape index (κ3) is 4.33. The molecule has 1 aliphatic rings. The Kier molecular flexibility index (Phi) is 6.32. The Bertz CT molecular complexity index is 1470. The van der Waals surface area contributed by atoms with Crippen LogP contribution in [0.2, 0.25) is 0 Å². The number of aromatic nitrogens is 1. The fourth-order valence-electron chi connectivity index (χ4n) is 5.69. The van der Waals surface area contributed by atoms with Gasteiger partial charge in [0.25, 0.3) is 0 Å². The van der Waals surface area contributed by atoms with Gasteiger partial charge in [0.05, 0.1) is 23.9 Å². The molecule has 0 saturated carbocycles. The van der Waals surface area contributed by atoms with E-state index in [-0.39, 0.29) is 0 Å². The van der Waals surface area contributed by atoms with E-state index in [1.54, 1.807) is 0 Å². The maximum atomic E-state index is 11.4. The Morgan fingerprint density at radius 3 is 2.03 bits per heavy atom. The van der Waals surface area contributed by atoms with Gasteiger partial charge in [-0.1, -0.05) is 97.1 Å². The molecule has 1 N–H and O–H groups in total. The first-order valence-corrected chi connectivity index (χ1v) is 12.9. The molecule has 2 heterocycles. The third-order valence-corrected chi connectivity index (χ3v) is 7.51. The standard InChI is InChI=1S/C32H33N3O/c1-33-18-20-34(21-19-33)22-27(36)23-35-31(26-13-6-3-7-14-26)30(25-11-4-2-5-12-25)29-17-16-24-10-8-9-15-28(24)32(29)35/h2-17,27,36H,18-23H2,1H3/t27-/m1/s1. The highest BCUT2D eigenvalue weighted by molar-refractivity contribution is 6.15. The van der Waals surface area contributed by atoms with Crippen molar-refractivity contribution in [3.05, 3.63) is 97.1 Å². The van der Waals surface area contributed by atoms with Crippen LogP contribution in [-0.2, 0) is 6.54 Å². The lowest BCUT2D eigenvalue weighted by molar-refractivity contribution is 0.0720. The van der Waals surface area contributed by atoms with Gasteiger partial charge in [-0.15, -0.1) is 0 Å². The van der Waals surface area contributed by atoms with E-state index in [1.807, 2.05) is 0 Å². The summed E-state index contributed by atoms with van der Waals surface area (Å²) in [7, 11) is 2.17. The van der Waals surface area contributed by atoms with Gasteiger partial charge in [-0.05, 0) is 23.6 Å². The van der Waals surface area contributed by atoms with E-state index in [4.69, 9.17) is 0 Å². The third-order valence-electron chi connectivity index (χ3n) is 7.51. The SMILES string of the molecule is CN1CCN(C[C@@H](O)Cn2c(-c3ccccc3)c(-c3ccccc3)c3ccc4ccccc4c32)CC1. The zero-order valence-corrected chi connectivity index (χ0v) is 20.8. The number of hydrogen-bond acceptors (Lipinski definition) is 3. The molecule has 0 bridgehead atoms. The number of benzene rings is 4. The van der Waals surface area contributed by atoms with E-state index in [0.717, 1.165) is 26.2 Å². The summed E-state index contributed by atoms with van der Waals surface area (Å²) in [5, 5.41) is 15.1. The molecule has 0 spiro atoms. The van der Waals surface area contributed by atoms with Crippen molar-refractivity contribution in [2.75, 3.05) is 39.8 Å². The van der Waals surface area contributed by atoms with Crippen LogP contribution in [0.25, 0.3) is 44.1 Å². The summed E-state index contributed by atoms with van der Waals surface area (Å²) >= 11 is 0. The second-order valence-electron chi connectivity index (χ2n) is 10.0. The molecule has 4 nitrogen and oxygen atoms in total. The van der Waals surface area contributed by atoms with Crippen molar-refractivity contribution in [2.45, 2.75) is 12.6 Å². The molecule has 1 aliphatic heterocycles. The molecule has 5 aromatic rings. The topological polar surface area (TPSA) is 31.6 Å². The van der Waals surface area contributed by atoms with E-state index >= 15 is 0 Å². The van der Waals surface area contributed by atoms with Crippen LogP contribution in [0.5, 0.6) is 0 Å². The summed E-state index contributed by atoms with van der Waals surface area (Å²) in [5.74, 6) is 0. The maximum Gasteiger partial charge on any atom is 0.0845 e. The minimum absolute atomic E-state index is 0.464. The summed E-state index contributed by atoms with van der Waals surface area (Å²) in [6, 6.07) is 34.4. The van der Waals surface area contributed by atoms with Crippen LogP contribution in [0.15, 0.2) is 97.1 Å². The summed E-state index contributed by atoms with van der Waals surface area (Å²) in [6.45, 7) is 5.35. The zero-order chi connectivity index (χ0) is 24.5. The highest BCUT2D eigenvalue weighted by Crippen LogP contribution is 2.43. The maximum absolute atomic E-state index is 11.4. The molecule has 1 saturated heterocycles. The lowest BCUT2D eigenvalue weighted by Gasteiger charge is -2.33. The van der Waals surface area contributed by atoms with Crippen molar-refractivity contribution in [2.24, 2.45) is 0 Å². The predicted molar refractivity (Wildman–Crippen MR) is 150 cm³/mol. The van der Waals surface area contributed by atoms with Crippen LogP contribution in [0.3, 0.4) is 0 Å². The van der Waals surface area contributed by atoms with Crippen LogP contribution >= 0.6 is 0 Å². The minimum Gasteiger partial charge on any atom is -0.390 e. The van der Waals surface area contributed by atoms with E-state index < -0.39 is 6.10 Å². The normalized spacial score (nSPS) is 16.1. The highest BCUT2D eigenvalue weighted by atomic mass is 16.3. The zero-order valence-electron chi connectivity index (χ0n) is 20.8. The fourth-order valence-corrected chi connectivity index (χ4v) is 5.69. The lowest BCUT2D eigenvalue weighted by atomic mass is 9.97. The molecule has 182 valence electrons. The van der Waals surface area contributed by atoms with Crippen molar-refractivity contribution < 1.29 is 5.11 Å². The number of aliphatic hydroxyl groups excluding tert-OH is 1. The van der Waals surface area contributed by atoms with Gasteiger partial charge in [0, 0.05) is 49.1 Å². The van der Waals surface area contributed by atoms with Crippen molar-refractivity contribution in [3.63, 3.8) is 0 Å². The van der Waals surface area contributed by atoms with E-state index in [2.05, 4.69) is 118 Å². The number of likely N-dealkylation sites (N-methyl/N-ethyl adjacent to an activating group) is 1. The Balaban J connectivity index is 1.56. The van der Waals surface area contributed by atoms with E-state index in [1.165, 1.54) is 44.1 Å². The summed E-state index contributed by atoms with van der Waals surface area (Å²) in [5.41, 5.74) is 5.97. The summed E-state index contributed by atoms with van der Waals surface area (Å²) in [6.07, 6.45) is -0.464. The van der Waals surface area contributed by atoms with Gasteiger partial charge in [0.1, 0.15) is 0 Å². The number of piperazine rings is 1. The molecule has 1 fully saturated rings. The van der Waals surface area contributed by atoms with Gasteiger partial charge in [0.2, 0.25) is 0 Å². The number of hydrogen-bond donors (Lipinski definition) is 1. The number of nitrogens with zero attached hydrogens (tertiary/aromatic N) is 3. The molecule has 36 heavy (non-hydrogen) atoms. The number of rotatable bonds is 6. The number of β-amino-alcohol motifs (C(OH)–C–C–N with tert-alkyl or cyclic N) is 1. The largest absolute Gasteiger partial charge is 0.390 e. The first kappa shape index (κ1) is 23.0. The van der Waals surface area contributed by atoms with Gasteiger partial charge < -0.3 is 14.6 Å². The average Bonchev–Trinajstić information content (AvgIpc) is 3.25. The van der Waals surface area contributed by atoms with Crippen molar-refractivity contribution in [1.82, 2.24) is 14.4 Å². The highest BCUT2D eigenvalue weighted by Gasteiger charge is 2.24. The quantitative estimate of drug-likeness (QED) is 0.340. The predicted octanol–water partition coefficient (Wildman–Crippen LogP) is 5.74. The second kappa shape index (κ2) is 9.90. The molecule has 0 aliphatic carbocycles. The smallest absolute Gasteiger partial charge is 0.0845 e. The molecule has 0 amide bonds. The molecule has 0 unspecified atom stereocenters. The second-order valence-corrected chi connectivity index (χ2v) is 10.0. The first-order valence-electron chi connectivity index (χ1n) is 12.9. The molecular weight excluding hydrogens is 442 g/mol. The Morgan fingerprint density at radius 1 is 0.667 bits per heavy atom. The van der Waals surface area contributed by atoms with Crippen LogP contribution in [-0.4, -0.2) is 65.3 Å². The van der Waals surface area contributed by atoms with E-state index in [0.29, 0.717) is 13.1 Å². The Hall–Kier alpha value is -3.44. The summed E-state index contributed by atoms with van der Waals surface area (Å²) < 4.78 is 2.38. The summed E-state index contributed by atoms with van der Waals surface area (Å²) in [4.78, 5) is 4.75. The molecule has 4 heteroatoms. The molecular formula is C32H33N3O. The van der Waals surface area contributed by atoms with Gasteiger partial charge in [-0.3, -0.25) is 4.90 Å². The fraction of sp³-hybridized carbons (Fsp3) is 0.250. The van der Waals surface area contributed by atoms with Crippen LogP contribution in [0.4, 0.5) is 0 Å². The van der Waals surface area contributed by atoms with Gasteiger partial charge in [-0.2, -0.15) is 0 Å². The number of fused-ring (bicyclic) bond motifs is 3. The lowest BCUT2D eigenvalue weighted by Crippen LogP contribution is -2.47. The van der Waals surface area contributed by atoms with Gasteiger partial charge in [-0.25, -0.2) is 0 Å². The molecule has 0 radical (unpaired) electrons. The number of aliphatic hydroxyl groups is 1. The van der Waals surface area contributed by atoms with Crippen LogP contribution < -0.4 is 0 Å². The van der Waals surface area contributed by atoms with Gasteiger partial charge >= 0.3 is 0 Å². The Labute approximate surface area is 213 Å². The van der Waals surface area contributed by atoms with E-state index in [9.17, 15) is 5.11 Å². The van der Waals surface area contributed by atoms with Crippen LogP contribution in [0.1, 0.15) is 0 Å². The molecule has 1 aromatic heterocycles. The van der Waals surface area contributed by atoms with Gasteiger partial charge in [0.15, 0.2) is 0 Å². The van der Waals surface area contributed by atoms with Crippen LogP contribution in [0, 0.1) is 0 Å². The van der Waals surface area contributed by atoms with Crippen molar-refractivity contribution >= 4 is 21.7 Å². The minimum atomic E-state index is -0.464.